The van der Waals surface area contributed by atoms with Crippen LogP contribution in [0.1, 0.15) is 0 Å². The molecule has 0 spiro atoms. The van der Waals surface area contributed by atoms with Gasteiger partial charge in [-0.05, 0) is 23.6 Å². The highest BCUT2D eigenvalue weighted by Gasteiger charge is 2.22. The van der Waals surface area contributed by atoms with Gasteiger partial charge in [0.25, 0.3) is 0 Å². The number of carbonyl (C=O) groups excluding carboxylic acids is 1. The van der Waals surface area contributed by atoms with Gasteiger partial charge < -0.3 is 10.1 Å². The summed E-state index contributed by atoms with van der Waals surface area (Å²) in [7, 11) is -2.31. The largest absolute Gasteiger partial charge is 0.491 e. The Morgan fingerprint density at radius 2 is 1.64 bits per heavy atom. The van der Waals surface area contributed by atoms with Crippen LogP contribution in [0.4, 0.5) is 0 Å². The minimum Gasteiger partial charge on any atom is -0.491 e. The molecule has 0 unspecified atom stereocenters. The molecule has 0 saturated carbocycles. The summed E-state index contributed by atoms with van der Waals surface area (Å²) in [5, 5.41) is 4.77. The van der Waals surface area contributed by atoms with Crippen molar-refractivity contribution in [2.45, 2.75) is 4.90 Å². The molecule has 0 bridgehead atoms. The Bertz CT molecular complexity index is 1050. The number of sulfonamides is 1. The summed E-state index contributed by atoms with van der Waals surface area (Å²) in [6.07, 6.45) is 0. The standard InChI is InChI=1S/C21H22N2O4S/c1-23(28(25,26)18-10-3-2-4-11-18)16-21(24)22-14-15-27-20-13-7-9-17-8-5-6-12-19(17)20/h2-13H,14-16H2,1H3,(H,22,24). The Morgan fingerprint density at radius 1 is 0.964 bits per heavy atom. The Balaban J connectivity index is 1.49. The smallest absolute Gasteiger partial charge is 0.243 e. The molecule has 0 aliphatic carbocycles. The van der Waals surface area contributed by atoms with Crippen LogP contribution in [0.2, 0.25) is 0 Å². The van der Waals surface area contributed by atoms with Gasteiger partial charge in [-0.25, -0.2) is 8.42 Å². The number of ether oxygens (including phenoxy) is 1. The Morgan fingerprint density at radius 3 is 2.43 bits per heavy atom. The van der Waals surface area contributed by atoms with Crippen LogP contribution in [0, 0.1) is 0 Å². The summed E-state index contributed by atoms with van der Waals surface area (Å²) < 4.78 is 31.7. The van der Waals surface area contributed by atoms with Crippen LogP contribution in [0.5, 0.6) is 5.75 Å². The van der Waals surface area contributed by atoms with Crippen molar-refractivity contribution in [2.24, 2.45) is 0 Å². The van der Waals surface area contributed by atoms with E-state index in [4.69, 9.17) is 4.74 Å². The van der Waals surface area contributed by atoms with E-state index >= 15 is 0 Å². The normalized spacial score (nSPS) is 11.5. The lowest BCUT2D eigenvalue weighted by Crippen LogP contribution is -2.39. The van der Waals surface area contributed by atoms with E-state index in [0.29, 0.717) is 0 Å². The average Bonchev–Trinajstić information content (AvgIpc) is 2.72. The van der Waals surface area contributed by atoms with E-state index in [0.717, 1.165) is 20.8 Å². The minimum absolute atomic E-state index is 0.157. The number of amides is 1. The van der Waals surface area contributed by atoms with Gasteiger partial charge in [-0.1, -0.05) is 54.6 Å². The van der Waals surface area contributed by atoms with Crippen LogP contribution < -0.4 is 10.1 Å². The van der Waals surface area contributed by atoms with Crippen molar-refractivity contribution in [1.29, 1.82) is 0 Å². The molecule has 0 radical (unpaired) electrons. The minimum atomic E-state index is -3.69. The van der Waals surface area contributed by atoms with Gasteiger partial charge in [-0.3, -0.25) is 4.79 Å². The highest BCUT2D eigenvalue weighted by Crippen LogP contribution is 2.24. The van der Waals surface area contributed by atoms with E-state index in [1.54, 1.807) is 18.2 Å². The molecule has 0 aliphatic heterocycles. The predicted molar refractivity (Wildman–Crippen MR) is 109 cm³/mol. The zero-order valence-electron chi connectivity index (χ0n) is 15.5. The lowest BCUT2D eigenvalue weighted by Gasteiger charge is -2.17. The molecule has 3 rings (SSSR count). The van der Waals surface area contributed by atoms with Crippen LogP contribution in [0.3, 0.4) is 0 Å². The first kappa shape index (κ1) is 19.9. The van der Waals surface area contributed by atoms with E-state index in [-0.39, 0.29) is 30.5 Å². The molecule has 0 atom stereocenters. The van der Waals surface area contributed by atoms with Gasteiger partial charge in [0.15, 0.2) is 0 Å². The van der Waals surface area contributed by atoms with Crippen LogP contribution in [0.25, 0.3) is 10.8 Å². The molecular formula is C21H22N2O4S. The summed E-state index contributed by atoms with van der Waals surface area (Å²) in [5.41, 5.74) is 0. The molecule has 3 aromatic rings. The highest BCUT2D eigenvalue weighted by molar-refractivity contribution is 7.89. The van der Waals surface area contributed by atoms with E-state index in [2.05, 4.69) is 5.32 Å². The molecule has 3 aromatic carbocycles. The number of hydrogen-bond donors (Lipinski definition) is 1. The van der Waals surface area contributed by atoms with Crippen molar-refractivity contribution in [3.05, 3.63) is 72.8 Å². The third-order valence-electron chi connectivity index (χ3n) is 4.25. The molecule has 0 fully saturated rings. The van der Waals surface area contributed by atoms with Gasteiger partial charge in [-0.15, -0.1) is 0 Å². The first-order valence-electron chi connectivity index (χ1n) is 8.87. The number of carbonyl (C=O) groups is 1. The van der Waals surface area contributed by atoms with Crippen molar-refractivity contribution in [3.63, 3.8) is 0 Å². The second-order valence-corrected chi connectivity index (χ2v) is 8.29. The van der Waals surface area contributed by atoms with E-state index in [9.17, 15) is 13.2 Å². The van der Waals surface area contributed by atoms with Gasteiger partial charge in [0.05, 0.1) is 18.0 Å². The maximum atomic E-state index is 12.4. The number of benzene rings is 3. The molecule has 1 amide bonds. The van der Waals surface area contributed by atoms with Crippen molar-refractivity contribution in [2.75, 3.05) is 26.7 Å². The summed E-state index contributed by atoms with van der Waals surface area (Å²) >= 11 is 0. The summed E-state index contributed by atoms with van der Waals surface area (Å²) in [6, 6.07) is 21.7. The quantitative estimate of drug-likeness (QED) is 0.592. The Labute approximate surface area is 164 Å². The highest BCUT2D eigenvalue weighted by atomic mass is 32.2. The molecule has 1 N–H and O–H groups in total. The fraction of sp³-hybridized carbons (Fsp3) is 0.190. The predicted octanol–water partition coefficient (Wildman–Crippen LogP) is 2.66. The summed E-state index contributed by atoms with van der Waals surface area (Å²) in [5.74, 6) is 0.361. The van der Waals surface area contributed by atoms with Gasteiger partial charge in [-0.2, -0.15) is 4.31 Å². The maximum absolute atomic E-state index is 12.4. The van der Waals surface area contributed by atoms with Crippen molar-refractivity contribution in [1.82, 2.24) is 9.62 Å². The number of rotatable bonds is 8. The Hall–Kier alpha value is -2.90. The number of fused-ring (bicyclic) bond motifs is 1. The zero-order chi connectivity index (χ0) is 20.0. The molecule has 0 aliphatic rings. The lowest BCUT2D eigenvalue weighted by molar-refractivity contribution is -0.121. The molecule has 7 heteroatoms. The lowest BCUT2D eigenvalue weighted by atomic mass is 10.1. The van der Waals surface area contributed by atoms with Crippen molar-refractivity contribution >= 4 is 26.7 Å². The fourth-order valence-corrected chi connectivity index (χ4v) is 3.94. The molecule has 0 heterocycles. The number of hydrogen-bond acceptors (Lipinski definition) is 4. The molecule has 0 saturated heterocycles. The topological polar surface area (TPSA) is 75.7 Å². The first-order valence-corrected chi connectivity index (χ1v) is 10.3. The summed E-state index contributed by atoms with van der Waals surface area (Å²) in [4.78, 5) is 12.2. The zero-order valence-corrected chi connectivity index (χ0v) is 16.4. The maximum Gasteiger partial charge on any atom is 0.243 e. The van der Waals surface area contributed by atoms with Crippen LogP contribution >= 0.6 is 0 Å². The van der Waals surface area contributed by atoms with Crippen LogP contribution in [-0.2, 0) is 14.8 Å². The Kier molecular flexibility index (Phi) is 6.28. The van der Waals surface area contributed by atoms with Gasteiger partial charge in [0.2, 0.25) is 15.9 Å². The average molecular weight is 398 g/mol. The SMILES string of the molecule is CN(CC(=O)NCCOc1cccc2ccccc12)S(=O)(=O)c1ccccc1. The van der Waals surface area contributed by atoms with Crippen molar-refractivity contribution in [3.8, 4) is 5.75 Å². The second kappa shape index (κ2) is 8.86. The molecule has 6 nitrogen and oxygen atoms in total. The number of nitrogens with zero attached hydrogens (tertiary/aromatic N) is 1. The third kappa shape index (κ3) is 4.68. The van der Waals surface area contributed by atoms with E-state index in [1.165, 1.54) is 19.2 Å². The fourth-order valence-electron chi connectivity index (χ4n) is 2.79. The number of nitrogens with one attached hydrogen (secondary N) is 1. The van der Waals surface area contributed by atoms with Crippen LogP contribution in [0.15, 0.2) is 77.7 Å². The van der Waals surface area contributed by atoms with Crippen molar-refractivity contribution < 1.29 is 17.9 Å². The van der Waals surface area contributed by atoms with Crippen LogP contribution in [-0.4, -0.2) is 45.4 Å². The monoisotopic (exact) mass is 398 g/mol. The summed E-state index contributed by atoms with van der Waals surface area (Å²) in [6.45, 7) is 0.307. The van der Waals surface area contributed by atoms with E-state index < -0.39 is 10.0 Å². The molecule has 28 heavy (non-hydrogen) atoms. The van der Waals surface area contributed by atoms with Gasteiger partial charge in [0, 0.05) is 12.4 Å². The number of likely N-dealkylation sites (N-methyl/N-ethyl adjacent to an activating group) is 1. The molecule has 146 valence electrons. The second-order valence-electron chi connectivity index (χ2n) is 6.25. The van der Waals surface area contributed by atoms with E-state index in [1.807, 2.05) is 42.5 Å². The van der Waals surface area contributed by atoms with Gasteiger partial charge in [0.1, 0.15) is 12.4 Å². The van der Waals surface area contributed by atoms with Gasteiger partial charge >= 0.3 is 0 Å². The molecular weight excluding hydrogens is 376 g/mol. The third-order valence-corrected chi connectivity index (χ3v) is 6.07. The first-order chi connectivity index (χ1) is 13.5. The molecule has 0 aromatic heterocycles.